The summed E-state index contributed by atoms with van der Waals surface area (Å²) in [6.07, 6.45) is 1.72. The number of rotatable bonds is 6. The Kier molecular flexibility index (Phi) is 5.75. The normalized spacial score (nSPS) is 11.2. The van der Waals surface area contributed by atoms with Crippen LogP contribution in [0.1, 0.15) is 16.8 Å². The molecule has 0 radical (unpaired) electrons. The van der Waals surface area contributed by atoms with Crippen LogP contribution in [0.25, 0.3) is 17.0 Å². The van der Waals surface area contributed by atoms with Gasteiger partial charge < -0.3 is 0 Å². The van der Waals surface area contributed by atoms with Crippen LogP contribution in [0.4, 0.5) is 4.39 Å². The standard InChI is InChI=1S/C25H20FN5OS/c1-17-6-5-13-30-22(32)14-21(27-23(17)30)16-33-25-29-28-24(19-9-11-20(26)12-10-19)31(25)15-18-7-3-2-4-8-18/h2-14H,15-16H2,1H3. The smallest absolute Gasteiger partial charge is 0.258 e. The molecule has 0 atom stereocenters. The molecule has 0 spiro atoms. The maximum Gasteiger partial charge on any atom is 0.258 e. The first-order chi connectivity index (χ1) is 16.1. The number of nitrogens with zero attached hydrogens (tertiary/aromatic N) is 5. The number of hydrogen-bond acceptors (Lipinski definition) is 5. The molecule has 0 bridgehead atoms. The summed E-state index contributed by atoms with van der Waals surface area (Å²) >= 11 is 1.47. The number of pyridine rings is 1. The van der Waals surface area contributed by atoms with E-state index < -0.39 is 0 Å². The van der Waals surface area contributed by atoms with Crippen LogP contribution in [0.5, 0.6) is 0 Å². The van der Waals surface area contributed by atoms with Crippen LogP contribution in [0.15, 0.2) is 88.9 Å². The molecule has 0 aliphatic carbocycles. The van der Waals surface area contributed by atoms with Gasteiger partial charge in [0.15, 0.2) is 11.0 Å². The van der Waals surface area contributed by atoms with Crippen LogP contribution in [0.2, 0.25) is 0 Å². The maximum absolute atomic E-state index is 13.5. The number of halogens is 1. The van der Waals surface area contributed by atoms with Gasteiger partial charge >= 0.3 is 0 Å². The fraction of sp³-hybridized carbons (Fsp3) is 0.120. The van der Waals surface area contributed by atoms with E-state index in [2.05, 4.69) is 15.2 Å². The summed E-state index contributed by atoms with van der Waals surface area (Å²) in [6.45, 7) is 2.50. The molecule has 0 amide bonds. The molecule has 0 aliphatic heterocycles. The van der Waals surface area contributed by atoms with Crippen molar-refractivity contribution in [3.8, 4) is 11.4 Å². The van der Waals surface area contributed by atoms with E-state index in [-0.39, 0.29) is 11.4 Å². The first-order valence-corrected chi connectivity index (χ1v) is 11.4. The molecule has 0 fully saturated rings. The van der Waals surface area contributed by atoms with Gasteiger partial charge in [0.1, 0.15) is 11.5 Å². The van der Waals surface area contributed by atoms with Gasteiger partial charge in [0.25, 0.3) is 5.56 Å². The second kappa shape index (κ2) is 8.99. The van der Waals surface area contributed by atoms with E-state index in [9.17, 15) is 9.18 Å². The molecule has 0 aliphatic rings. The number of aromatic nitrogens is 5. The molecule has 164 valence electrons. The minimum absolute atomic E-state index is 0.114. The number of hydrogen-bond donors (Lipinski definition) is 0. The monoisotopic (exact) mass is 457 g/mol. The zero-order valence-corrected chi connectivity index (χ0v) is 18.7. The molecule has 5 aromatic rings. The molecule has 33 heavy (non-hydrogen) atoms. The Bertz CT molecular complexity index is 1480. The van der Waals surface area contributed by atoms with Gasteiger partial charge in [-0.1, -0.05) is 48.2 Å². The summed E-state index contributed by atoms with van der Waals surface area (Å²) in [4.78, 5) is 17.2. The summed E-state index contributed by atoms with van der Waals surface area (Å²) in [5.41, 5.74) is 4.03. The van der Waals surface area contributed by atoms with Gasteiger partial charge in [-0.3, -0.25) is 13.8 Å². The van der Waals surface area contributed by atoms with Crippen LogP contribution >= 0.6 is 11.8 Å². The topological polar surface area (TPSA) is 65.1 Å². The molecule has 5 rings (SSSR count). The molecule has 2 aromatic carbocycles. The number of benzene rings is 2. The zero-order chi connectivity index (χ0) is 22.8. The lowest BCUT2D eigenvalue weighted by Gasteiger charge is -2.11. The Balaban J connectivity index is 1.49. The van der Waals surface area contributed by atoms with E-state index in [4.69, 9.17) is 0 Å². The van der Waals surface area contributed by atoms with Crippen LogP contribution < -0.4 is 5.56 Å². The highest BCUT2D eigenvalue weighted by atomic mass is 32.2. The fourth-order valence-corrected chi connectivity index (χ4v) is 4.47. The zero-order valence-electron chi connectivity index (χ0n) is 17.9. The van der Waals surface area contributed by atoms with Gasteiger partial charge in [0, 0.05) is 23.6 Å². The molecule has 0 saturated heterocycles. The minimum Gasteiger partial charge on any atom is -0.298 e. The van der Waals surface area contributed by atoms with Gasteiger partial charge in [0.2, 0.25) is 0 Å². The molecule has 0 unspecified atom stereocenters. The molecule has 0 N–H and O–H groups in total. The molecule has 8 heteroatoms. The van der Waals surface area contributed by atoms with Crippen molar-refractivity contribution < 1.29 is 4.39 Å². The largest absolute Gasteiger partial charge is 0.298 e. The van der Waals surface area contributed by atoms with E-state index in [1.165, 1.54) is 23.9 Å². The second-order valence-electron chi connectivity index (χ2n) is 7.64. The highest BCUT2D eigenvalue weighted by Crippen LogP contribution is 2.27. The second-order valence-corrected chi connectivity index (χ2v) is 8.59. The summed E-state index contributed by atoms with van der Waals surface area (Å²) in [7, 11) is 0. The first-order valence-electron chi connectivity index (χ1n) is 10.4. The number of thioether (sulfide) groups is 1. The van der Waals surface area contributed by atoms with Crippen molar-refractivity contribution in [2.75, 3.05) is 0 Å². The Morgan fingerprint density at radius 3 is 2.55 bits per heavy atom. The molecule has 3 heterocycles. The maximum atomic E-state index is 13.5. The van der Waals surface area contributed by atoms with Crippen molar-refractivity contribution in [3.05, 3.63) is 112 Å². The highest BCUT2D eigenvalue weighted by molar-refractivity contribution is 7.98. The summed E-state index contributed by atoms with van der Waals surface area (Å²) in [5.74, 6) is 0.825. The van der Waals surface area contributed by atoms with E-state index in [1.54, 1.807) is 28.8 Å². The summed E-state index contributed by atoms with van der Waals surface area (Å²) in [5, 5.41) is 9.49. The SMILES string of the molecule is Cc1cccn2c(=O)cc(CSc3nnc(-c4ccc(F)cc4)n3Cc3ccccc3)nc12. The van der Waals surface area contributed by atoms with Gasteiger partial charge in [-0.05, 0) is 48.4 Å². The van der Waals surface area contributed by atoms with Gasteiger partial charge in [0.05, 0.1) is 12.2 Å². The molecular formula is C25H20FN5OS. The fourth-order valence-electron chi connectivity index (χ4n) is 3.64. The summed E-state index contributed by atoms with van der Waals surface area (Å²) in [6, 6.07) is 21.6. The van der Waals surface area contributed by atoms with Crippen molar-refractivity contribution in [2.24, 2.45) is 0 Å². The van der Waals surface area contributed by atoms with Crippen LogP contribution in [-0.4, -0.2) is 24.1 Å². The third-order valence-electron chi connectivity index (χ3n) is 5.29. The van der Waals surface area contributed by atoms with Crippen LogP contribution in [-0.2, 0) is 12.3 Å². The Morgan fingerprint density at radius 2 is 1.76 bits per heavy atom. The van der Waals surface area contributed by atoms with E-state index >= 15 is 0 Å². The average Bonchev–Trinajstić information content (AvgIpc) is 3.22. The Hall–Kier alpha value is -3.78. The van der Waals surface area contributed by atoms with Crippen molar-refractivity contribution in [3.63, 3.8) is 0 Å². The van der Waals surface area contributed by atoms with E-state index in [1.807, 2.05) is 54.0 Å². The molecular weight excluding hydrogens is 437 g/mol. The minimum atomic E-state index is -0.300. The van der Waals surface area contributed by atoms with Crippen molar-refractivity contribution in [1.29, 1.82) is 0 Å². The van der Waals surface area contributed by atoms with Crippen LogP contribution in [0.3, 0.4) is 0 Å². The first kappa shape index (κ1) is 21.1. The molecule has 3 aromatic heterocycles. The van der Waals surface area contributed by atoms with Crippen molar-refractivity contribution in [1.82, 2.24) is 24.1 Å². The Morgan fingerprint density at radius 1 is 0.970 bits per heavy atom. The molecule has 6 nitrogen and oxygen atoms in total. The van der Waals surface area contributed by atoms with Gasteiger partial charge in [-0.25, -0.2) is 9.37 Å². The predicted molar refractivity (Wildman–Crippen MR) is 127 cm³/mol. The number of aryl methyl sites for hydroxylation is 1. The third-order valence-corrected chi connectivity index (χ3v) is 6.29. The quantitative estimate of drug-likeness (QED) is 0.345. The van der Waals surface area contributed by atoms with Gasteiger partial charge in [-0.2, -0.15) is 0 Å². The lowest BCUT2D eigenvalue weighted by molar-refractivity contribution is 0.628. The third kappa shape index (κ3) is 4.42. The van der Waals surface area contributed by atoms with Crippen molar-refractivity contribution >= 4 is 17.4 Å². The Labute approximate surface area is 193 Å². The van der Waals surface area contributed by atoms with Gasteiger partial charge in [-0.15, -0.1) is 10.2 Å². The number of fused-ring (bicyclic) bond motifs is 1. The van der Waals surface area contributed by atoms with Crippen molar-refractivity contribution in [2.45, 2.75) is 24.4 Å². The average molecular weight is 458 g/mol. The summed E-state index contributed by atoms with van der Waals surface area (Å²) < 4.78 is 17.0. The van der Waals surface area contributed by atoms with E-state index in [0.717, 1.165) is 16.7 Å². The lowest BCUT2D eigenvalue weighted by Crippen LogP contribution is -2.15. The van der Waals surface area contributed by atoms with Crippen LogP contribution in [0, 0.1) is 12.7 Å². The predicted octanol–water partition coefficient (Wildman–Crippen LogP) is 4.74. The highest BCUT2D eigenvalue weighted by Gasteiger charge is 2.16. The van der Waals surface area contributed by atoms with E-state index in [0.29, 0.717) is 34.6 Å². The molecule has 0 saturated carbocycles. The lowest BCUT2D eigenvalue weighted by atomic mass is 10.2.